The van der Waals surface area contributed by atoms with Crippen LogP contribution in [0.1, 0.15) is 51.4 Å². The number of hydrogen-bond acceptors (Lipinski definition) is 3. The summed E-state index contributed by atoms with van der Waals surface area (Å²) in [4.78, 5) is 20.5. The van der Waals surface area contributed by atoms with Crippen LogP contribution in [-0.4, -0.2) is 30.1 Å². The van der Waals surface area contributed by atoms with E-state index in [2.05, 4.69) is 6.92 Å². The van der Waals surface area contributed by atoms with E-state index in [1.165, 1.54) is 6.42 Å². The topological polar surface area (TPSA) is 63.6 Å². The third-order valence-electron chi connectivity index (χ3n) is 2.75. The maximum absolute atomic E-state index is 10.5. The van der Waals surface area contributed by atoms with Crippen molar-refractivity contribution in [1.82, 2.24) is 0 Å². The van der Waals surface area contributed by atoms with Crippen LogP contribution >= 0.6 is 0 Å². The zero-order valence-electron chi connectivity index (χ0n) is 10.6. The molecule has 1 atom stereocenters. The van der Waals surface area contributed by atoms with Crippen LogP contribution < -0.4 is 0 Å². The monoisotopic (exact) mass is 243 g/mol. The smallest absolute Gasteiger partial charge is 0.303 e. The van der Waals surface area contributed by atoms with Gasteiger partial charge in [-0.05, 0) is 25.7 Å². The summed E-state index contributed by atoms with van der Waals surface area (Å²) in [5.41, 5.74) is 0. The quantitative estimate of drug-likeness (QED) is 0.806. The fraction of sp³-hybridized carbons (Fsp3) is 0.769. The second-order valence-corrected chi connectivity index (χ2v) is 4.18. The first-order chi connectivity index (χ1) is 8.10. The molecule has 1 fully saturated rings. The summed E-state index contributed by atoms with van der Waals surface area (Å²) in [5.74, 6) is -0.318. The molecule has 0 bridgehead atoms. The van der Waals surface area contributed by atoms with Crippen LogP contribution in [0.5, 0.6) is 0 Å². The van der Waals surface area contributed by atoms with Gasteiger partial charge in [-0.2, -0.15) is 0 Å². The van der Waals surface area contributed by atoms with Crippen molar-refractivity contribution in [2.75, 3.05) is 7.11 Å². The number of methoxy groups -OCH3 is 1. The minimum absolute atomic E-state index is 0.00361. The van der Waals surface area contributed by atoms with Crippen LogP contribution in [0, 0.1) is 6.92 Å². The lowest BCUT2D eigenvalue weighted by molar-refractivity contribution is -0.137. The number of ether oxygens (including phenoxy) is 1. The second kappa shape index (κ2) is 10.3. The molecule has 99 valence electrons. The Morgan fingerprint density at radius 1 is 1.41 bits per heavy atom. The van der Waals surface area contributed by atoms with Gasteiger partial charge in [0.2, 0.25) is 0 Å². The van der Waals surface area contributed by atoms with Crippen molar-refractivity contribution in [3.63, 3.8) is 0 Å². The zero-order valence-corrected chi connectivity index (χ0v) is 10.6. The van der Waals surface area contributed by atoms with E-state index < -0.39 is 5.97 Å². The van der Waals surface area contributed by atoms with Gasteiger partial charge in [0, 0.05) is 26.4 Å². The number of carboxylic acids is 1. The van der Waals surface area contributed by atoms with Gasteiger partial charge in [-0.25, -0.2) is 0 Å². The first kappa shape index (κ1) is 16.1. The van der Waals surface area contributed by atoms with E-state index >= 15 is 0 Å². The van der Waals surface area contributed by atoms with Crippen molar-refractivity contribution in [3.05, 3.63) is 6.92 Å². The molecule has 0 spiro atoms. The second-order valence-electron chi connectivity index (χ2n) is 4.18. The highest BCUT2D eigenvalue weighted by atomic mass is 16.5. The number of rotatable bonds is 5. The molecule has 17 heavy (non-hydrogen) atoms. The molecular weight excluding hydrogens is 220 g/mol. The van der Waals surface area contributed by atoms with Crippen LogP contribution in [0.15, 0.2) is 0 Å². The molecule has 0 aromatic rings. The molecule has 1 radical (unpaired) electrons. The highest BCUT2D eigenvalue weighted by molar-refractivity contribution is 5.78. The van der Waals surface area contributed by atoms with Crippen molar-refractivity contribution in [2.24, 2.45) is 0 Å². The molecule has 0 saturated heterocycles. The first-order valence-corrected chi connectivity index (χ1v) is 6.15. The molecule has 1 rings (SSSR count). The molecule has 0 aromatic heterocycles. The molecule has 0 aromatic carbocycles. The van der Waals surface area contributed by atoms with Gasteiger partial charge in [-0.1, -0.05) is 13.3 Å². The summed E-state index contributed by atoms with van der Waals surface area (Å²) in [5, 5.41) is 8.28. The molecule has 0 aliphatic heterocycles. The van der Waals surface area contributed by atoms with Gasteiger partial charge in [0.15, 0.2) is 0 Å². The lowest BCUT2D eigenvalue weighted by Gasteiger charge is -2.09. The molecule has 1 aliphatic carbocycles. The molecule has 1 saturated carbocycles. The number of carbonyl (C=O) groups is 2. The van der Waals surface area contributed by atoms with Crippen molar-refractivity contribution >= 4 is 11.8 Å². The van der Waals surface area contributed by atoms with E-state index in [9.17, 15) is 9.59 Å². The van der Waals surface area contributed by atoms with Crippen LogP contribution in [0.2, 0.25) is 0 Å². The van der Waals surface area contributed by atoms with Crippen molar-refractivity contribution in [2.45, 2.75) is 57.5 Å². The largest absolute Gasteiger partial charge is 0.481 e. The van der Waals surface area contributed by atoms with Crippen LogP contribution in [0.3, 0.4) is 0 Å². The van der Waals surface area contributed by atoms with Gasteiger partial charge in [0.25, 0.3) is 0 Å². The molecule has 1 aliphatic rings. The van der Waals surface area contributed by atoms with Gasteiger partial charge in [-0.3, -0.25) is 9.59 Å². The normalized spacial score (nSPS) is 16.9. The Hall–Kier alpha value is -0.900. The summed E-state index contributed by atoms with van der Waals surface area (Å²) in [6.07, 6.45) is 6.58. The SMILES string of the molecule is O=C1CCCCC1.[CH2]CC(CCC(=O)O)OC. The molecule has 1 unspecified atom stereocenters. The average Bonchev–Trinajstić information content (AvgIpc) is 2.32. The fourth-order valence-corrected chi connectivity index (χ4v) is 1.61. The fourth-order valence-electron chi connectivity index (χ4n) is 1.61. The molecule has 0 heterocycles. The Morgan fingerprint density at radius 2 is 2.00 bits per heavy atom. The lowest BCUT2D eigenvalue weighted by Crippen LogP contribution is -2.11. The van der Waals surface area contributed by atoms with E-state index in [4.69, 9.17) is 9.84 Å². The zero-order chi connectivity index (χ0) is 13.1. The minimum atomic E-state index is -0.782. The van der Waals surface area contributed by atoms with Crippen molar-refractivity contribution < 1.29 is 19.4 Å². The van der Waals surface area contributed by atoms with E-state index in [0.717, 1.165) is 25.7 Å². The molecule has 4 nitrogen and oxygen atoms in total. The molecule has 1 N–H and O–H groups in total. The van der Waals surface area contributed by atoms with E-state index in [1.807, 2.05) is 0 Å². The Morgan fingerprint density at radius 3 is 2.29 bits per heavy atom. The predicted molar refractivity (Wildman–Crippen MR) is 65.7 cm³/mol. The number of ketones is 1. The highest BCUT2D eigenvalue weighted by Gasteiger charge is 2.06. The first-order valence-electron chi connectivity index (χ1n) is 6.15. The Bertz CT molecular complexity index is 213. The summed E-state index contributed by atoms with van der Waals surface area (Å²) < 4.78 is 4.92. The summed E-state index contributed by atoms with van der Waals surface area (Å²) >= 11 is 0. The van der Waals surface area contributed by atoms with Crippen LogP contribution in [-0.2, 0) is 14.3 Å². The molecule has 0 amide bonds. The Balaban J connectivity index is 0.000000318. The van der Waals surface area contributed by atoms with Gasteiger partial charge < -0.3 is 9.84 Å². The van der Waals surface area contributed by atoms with Crippen molar-refractivity contribution in [1.29, 1.82) is 0 Å². The Kier molecular flexibility index (Phi) is 9.72. The maximum atomic E-state index is 10.5. The number of carboxylic acid groups (broad SMARTS) is 1. The van der Waals surface area contributed by atoms with Crippen LogP contribution in [0.4, 0.5) is 0 Å². The number of hydrogen-bond donors (Lipinski definition) is 1. The van der Waals surface area contributed by atoms with Crippen LogP contribution in [0.25, 0.3) is 0 Å². The van der Waals surface area contributed by atoms with E-state index in [-0.39, 0.29) is 12.5 Å². The van der Waals surface area contributed by atoms with Gasteiger partial charge in [0.05, 0.1) is 6.10 Å². The molecular formula is C13H23O4. The van der Waals surface area contributed by atoms with Crippen molar-refractivity contribution in [3.8, 4) is 0 Å². The average molecular weight is 243 g/mol. The summed E-state index contributed by atoms with van der Waals surface area (Å²) in [7, 11) is 1.57. The summed E-state index contributed by atoms with van der Waals surface area (Å²) in [6.45, 7) is 3.62. The van der Waals surface area contributed by atoms with Gasteiger partial charge in [-0.15, -0.1) is 0 Å². The minimum Gasteiger partial charge on any atom is -0.481 e. The third kappa shape index (κ3) is 10.00. The van der Waals surface area contributed by atoms with Gasteiger partial charge >= 0.3 is 5.97 Å². The molecule has 4 heteroatoms. The van der Waals surface area contributed by atoms with E-state index in [0.29, 0.717) is 18.6 Å². The highest BCUT2D eigenvalue weighted by Crippen LogP contribution is 2.12. The summed E-state index contributed by atoms with van der Waals surface area (Å²) in [6, 6.07) is 0. The number of carbonyl (C=O) groups excluding carboxylic acids is 1. The number of Topliss-reactive ketones (excluding diaryl/α,β-unsaturated/α-hetero) is 1. The third-order valence-corrected chi connectivity index (χ3v) is 2.75. The predicted octanol–water partition coefficient (Wildman–Crippen LogP) is 2.61. The maximum Gasteiger partial charge on any atom is 0.303 e. The van der Waals surface area contributed by atoms with Gasteiger partial charge in [0.1, 0.15) is 5.78 Å². The lowest BCUT2D eigenvalue weighted by atomic mass is 10.00. The Labute approximate surface area is 103 Å². The van der Waals surface area contributed by atoms with E-state index in [1.54, 1.807) is 7.11 Å². The number of aliphatic carboxylic acids is 1. The standard InChI is InChI=1S/C7H13O3.C6H10O/c1-3-6(10-2)4-5-7(8)9;7-6-4-2-1-3-5-6/h6H,1,3-5H2,2H3,(H,8,9);1-5H2.